The number of hydrogen-bond donors (Lipinski definition) is 2. The Morgan fingerprint density at radius 3 is 2.17 bits per heavy atom. The average molecular weight is 206 g/mol. The van der Waals surface area contributed by atoms with Crippen molar-refractivity contribution in [1.82, 2.24) is 0 Å². The van der Waals surface area contributed by atoms with Crippen molar-refractivity contribution < 1.29 is 5.11 Å². The summed E-state index contributed by atoms with van der Waals surface area (Å²) in [5, 5.41) is 10.3. The standard InChI is InChI=1S/C8H9Cl2NO/c9-6-1-5(8(12)4-11)2-7(10)3-6/h1-3,8,12H,4,11H2/t8-/m0/s1. The van der Waals surface area contributed by atoms with Crippen molar-refractivity contribution in [2.45, 2.75) is 6.10 Å². The van der Waals surface area contributed by atoms with Crippen molar-refractivity contribution in [2.75, 3.05) is 6.54 Å². The predicted octanol–water partition coefficient (Wildman–Crippen LogP) is 1.99. The molecule has 3 N–H and O–H groups in total. The Bertz CT molecular complexity index is 258. The van der Waals surface area contributed by atoms with Gasteiger partial charge in [-0.2, -0.15) is 0 Å². The molecule has 0 unspecified atom stereocenters. The molecule has 1 aromatic rings. The average Bonchev–Trinajstić information content (AvgIpc) is 2.01. The van der Waals surface area contributed by atoms with Gasteiger partial charge < -0.3 is 10.8 Å². The van der Waals surface area contributed by atoms with Gasteiger partial charge in [0.2, 0.25) is 0 Å². The van der Waals surface area contributed by atoms with E-state index >= 15 is 0 Å². The second-order valence-corrected chi connectivity index (χ2v) is 3.33. The molecule has 4 heteroatoms. The van der Waals surface area contributed by atoms with Crippen LogP contribution in [0, 0.1) is 0 Å². The molecule has 66 valence electrons. The van der Waals surface area contributed by atoms with E-state index in [0.717, 1.165) is 0 Å². The van der Waals surface area contributed by atoms with E-state index in [2.05, 4.69) is 0 Å². The lowest BCUT2D eigenvalue weighted by Crippen LogP contribution is -2.11. The summed E-state index contributed by atoms with van der Waals surface area (Å²) in [4.78, 5) is 0. The largest absolute Gasteiger partial charge is 0.387 e. The molecule has 0 bridgehead atoms. The molecule has 0 aliphatic heterocycles. The molecule has 1 atom stereocenters. The summed E-state index contributed by atoms with van der Waals surface area (Å²) in [5.74, 6) is 0. The van der Waals surface area contributed by atoms with Crippen LogP contribution in [0.2, 0.25) is 10.0 Å². The molecule has 0 saturated carbocycles. The predicted molar refractivity (Wildman–Crippen MR) is 50.5 cm³/mol. The maximum absolute atomic E-state index is 9.34. The van der Waals surface area contributed by atoms with Crippen LogP contribution in [-0.2, 0) is 0 Å². The Morgan fingerprint density at radius 1 is 1.25 bits per heavy atom. The lowest BCUT2D eigenvalue weighted by Gasteiger charge is -2.08. The van der Waals surface area contributed by atoms with Crippen LogP contribution < -0.4 is 5.73 Å². The molecule has 1 aromatic carbocycles. The zero-order valence-corrected chi connectivity index (χ0v) is 7.81. The van der Waals surface area contributed by atoms with Gasteiger partial charge in [0.05, 0.1) is 6.10 Å². The summed E-state index contributed by atoms with van der Waals surface area (Å²) in [6, 6.07) is 4.89. The van der Waals surface area contributed by atoms with Crippen molar-refractivity contribution in [3.63, 3.8) is 0 Å². The number of nitrogens with two attached hydrogens (primary N) is 1. The first-order valence-electron chi connectivity index (χ1n) is 3.47. The quantitative estimate of drug-likeness (QED) is 0.777. The van der Waals surface area contributed by atoms with Crippen molar-refractivity contribution in [1.29, 1.82) is 0 Å². The smallest absolute Gasteiger partial charge is 0.0913 e. The molecule has 2 nitrogen and oxygen atoms in total. The van der Waals surface area contributed by atoms with Crippen molar-refractivity contribution >= 4 is 23.2 Å². The minimum Gasteiger partial charge on any atom is -0.387 e. The third kappa shape index (κ3) is 2.35. The molecule has 12 heavy (non-hydrogen) atoms. The van der Waals surface area contributed by atoms with E-state index in [4.69, 9.17) is 28.9 Å². The topological polar surface area (TPSA) is 46.2 Å². The normalized spacial score (nSPS) is 13.0. The molecular formula is C8H9Cl2NO. The van der Waals surface area contributed by atoms with Crippen LogP contribution in [0.25, 0.3) is 0 Å². The van der Waals surface area contributed by atoms with Gasteiger partial charge in [-0.05, 0) is 23.8 Å². The molecule has 1 rings (SSSR count). The van der Waals surface area contributed by atoms with Crippen LogP contribution in [0.3, 0.4) is 0 Å². The lowest BCUT2D eigenvalue weighted by atomic mass is 10.1. The van der Waals surface area contributed by atoms with Gasteiger partial charge in [0.15, 0.2) is 0 Å². The van der Waals surface area contributed by atoms with Crippen molar-refractivity contribution in [3.8, 4) is 0 Å². The molecule has 0 amide bonds. The fourth-order valence-corrected chi connectivity index (χ4v) is 1.45. The SMILES string of the molecule is NC[C@H](O)c1cc(Cl)cc(Cl)c1. The second-order valence-electron chi connectivity index (χ2n) is 2.45. The molecule has 0 saturated heterocycles. The van der Waals surface area contributed by atoms with Gasteiger partial charge in [-0.25, -0.2) is 0 Å². The zero-order valence-electron chi connectivity index (χ0n) is 6.30. The highest BCUT2D eigenvalue weighted by Crippen LogP contribution is 2.22. The first-order valence-corrected chi connectivity index (χ1v) is 4.23. The number of hydrogen-bond acceptors (Lipinski definition) is 2. The van der Waals surface area contributed by atoms with E-state index in [0.29, 0.717) is 15.6 Å². The van der Waals surface area contributed by atoms with Crippen LogP contribution in [0.5, 0.6) is 0 Å². The van der Waals surface area contributed by atoms with E-state index in [1.807, 2.05) is 0 Å². The fourth-order valence-electron chi connectivity index (χ4n) is 0.904. The molecule has 0 heterocycles. The van der Waals surface area contributed by atoms with Crippen molar-refractivity contribution in [2.24, 2.45) is 5.73 Å². The Hall–Kier alpha value is -0.280. The third-order valence-corrected chi connectivity index (χ3v) is 1.93. The monoisotopic (exact) mass is 205 g/mol. The van der Waals surface area contributed by atoms with E-state index in [1.54, 1.807) is 18.2 Å². The number of aliphatic hydroxyl groups is 1. The number of rotatable bonds is 2. The van der Waals surface area contributed by atoms with Gasteiger partial charge in [0, 0.05) is 16.6 Å². The van der Waals surface area contributed by atoms with E-state index in [9.17, 15) is 5.11 Å². The summed E-state index contributed by atoms with van der Waals surface area (Å²) in [6.07, 6.45) is -0.693. The maximum atomic E-state index is 9.34. The number of aliphatic hydroxyl groups excluding tert-OH is 1. The Kier molecular flexibility index (Phi) is 3.35. The summed E-state index contributed by atoms with van der Waals surface area (Å²) in [5.41, 5.74) is 5.92. The van der Waals surface area contributed by atoms with Gasteiger partial charge in [-0.15, -0.1) is 0 Å². The van der Waals surface area contributed by atoms with Gasteiger partial charge in [0.25, 0.3) is 0 Å². The lowest BCUT2D eigenvalue weighted by molar-refractivity contribution is 0.187. The molecule has 0 spiro atoms. The highest BCUT2D eigenvalue weighted by Gasteiger charge is 2.06. The fraction of sp³-hybridized carbons (Fsp3) is 0.250. The van der Waals surface area contributed by atoms with Crippen molar-refractivity contribution in [3.05, 3.63) is 33.8 Å². The third-order valence-electron chi connectivity index (χ3n) is 1.49. The van der Waals surface area contributed by atoms with Crippen LogP contribution in [0.1, 0.15) is 11.7 Å². The molecule has 0 aromatic heterocycles. The summed E-state index contributed by atoms with van der Waals surface area (Å²) < 4.78 is 0. The molecule has 0 aliphatic rings. The van der Waals surface area contributed by atoms with Crippen LogP contribution >= 0.6 is 23.2 Å². The van der Waals surface area contributed by atoms with Gasteiger partial charge in [-0.1, -0.05) is 23.2 Å². The maximum Gasteiger partial charge on any atom is 0.0913 e. The highest BCUT2D eigenvalue weighted by atomic mass is 35.5. The summed E-state index contributed by atoms with van der Waals surface area (Å²) >= 11 is 11.4. The zero-order chi connectivity index (χ0) is 9.14. The summed E-state index contributed by atoms with van der Waals surface area (Å²) in [7, 11) is 0. The van der Waals surface area contributed by atoms with Gasteiger partial charge >= 0.3 is 0 Å². The molecule has 0 fully saturated rings. The Labute approximate surface area is 80.9 Å². The minimum absolute atomic E-state index is 0.163. The molecule has 0 radical (unpaired) electrons. The van der Waals surface area contributed by atoms with Crippen LogP contribution in [0.15, 0.2) is 18.2 Å². The molecule has 0 aliphatic carbocycles. The highest BCUT2D eigenvalue weighted by molar-refractivity contribution is 6.34. The first kappa shape index (κ1) is 9.81. The first-order chi connectivity index (χ1) is 5.63. The van der Waals surface area contributed by atoms with Gasteiger partial charge in [0.1, 0.15) is 0 Å². The van der Waals surface area contributed by atoms with E-state index in [1.165, 1.54) is 0 Å². The summed E-state index contributed by atoms with van der Waals surface area (Å²) in [6.45, 7) is 0.163. The minimum atomic E-state index is -0.693. The Balaban J connectivity index is 3.00. The van der Waals surface area contributed by atoms with E-state index in [-0.39, 0.29) is 6.54 Å². The Morgan fingerprint density at radius 2 is 1.75 bits per heavy atom. The van der Waals surface area contributed by atoms with Crippen LogP contribution in [0.4, 0.5) is 0 Å². The number of halogens is 2. The van der Waals surface area contributed by atoms with Gasteiger partial charge in [-0.3, -0.25) is 0 Å². The van der Waals surface area contributed by atoms with E-state index < -0.39 is 6.10 Å². The second kappa shape index (κ2) is 4.10. The number of benzene rings is 1. The molecular weight excluding hydrogens is 197 g/mol. The van der Waals surface area contributed by atoms with Crippen LogP contribution in [-0.4, -0.2) is 11.7 Å².